The van der Waals surface area contributed by atoms with Crippen molar-refractivity contribution >= 4 is 28.8 Å². The summed E-state index contributed by atoms with van der Waals surface area (Å²) in [5.74, 6) is -0.166. The lowest BCUT2D eigenvalue weighted by Gasteiger charge is -2.20. The first kappa shape index (κ1) is 15.7. The van der Waals surface area contributed by atoms with Crippen molar-refractivity contribution in [2.45, 2.75) is 32.7 Å². The summed E-state index contributed by atoms with van der Waals surface area (Å²) in [5, 5.41) is 4.86. The second-order valence-electron chi connectivity index (χ2n) is 6.39. The van der Waals surface area contributed by atoms with E-state index in [1.54, 1.807) is 16.2 Å². The van der Waals surface area contributed by atoms with Gasteiger partial charge in [-0.1, -0.05) is 23.8 Å². The third-order valence-corrected chi connectivity index (χ3v) is 5.11. The molecule has 0 aliphatic carbocycles. The van der Waals surface area contributed by atoms with Crippen LogP contribution in [-0.4, -0.2) is 18.4 Å². The Labute approximate surface area is 140 Å². The molecule has 4 nitrogen and oxygen atoms in total. The van der Waals surface area contributed by atoms with E-state index < -0.39 is 5.41 Å². The van der Waals surface area contributed by atoms with Crippen molar-refractivity contribution in [1.29, 1.82) is 0 Å². The molecule has 5 heteroatoms. The highest BCUT2D eigenvalue weighted by Crippen LogP contribution is 2.41. The van der Waals surface area contributed by atoms with E-state index >= 15 is 0 Å². The molecule has 1 aliphatic rings. The number of aryl methyl sites for hydroxylation is 1. The molecule has 1 aromatic heterocycles. The van der Waals surface area contributed by atoms with E-state index in [0.29, 0.717) is 6.54 Å². The number of rotatable bonds is 4. The summed E-state index contributed by atoms with van der Waals surface area (Å²) in [6.45, 7) is 6.40. The van der Waals surface area contributed by atoms with Crippen LogP contribution in [0.4, 0.5) is 5.69 Å². The van der Waals surface area contributed by atoms with Crippen LogP contribution in [0.1, 0.15) is 29.9 Å². The van der Waals surface area contributed by atoms with Gasteiger partial charge in [0.05, 0.1) is 12.0 Å². The van der Waals surface area contributed by atoms with Crippen LogP contribution in [0, 0.1) is 6.92 Å². The van der Waals surface area contributed by atoms with Crippen molar-refractivity contribution in [2.24, 2.45) is 0 Å². The number of carbonyl (C=O) groups is 2. The van der Waals surface area contributed by atoms with E-state index in [1.165, 1.54) is 0 Å². The lowest BCUT2D eigenvalue weighted by atomic mass is 9.85. The van der Waals surface area contributed by atoms with Crippen molar-refractivity contribution in [3.63, 3.8) is 0 Å². The Bertz CT molecular complexity index is 750. The fourth-order valence-corrected chi connectivity index (χ4v) is 3.55. The predicted molar refractivity (Wildman–Crippen MR) is 92.7 cm³/mol. The van der Waals surface area contributed by atoms with E-state index in [1.807, 2.05) is 56.5 Å². The Kier molecular flexibility index (Phi) is 3.98. The number of hydrogen-bond donors (Lipinski definition) is 1. The molecule has 23 heavy (non-hydrogen) atoms. The fraction of sp³-hybridized carbons (Fsp3) is 0.333. The van der Waals surface area contributed by atoms with Crippen LogP contribution >= 0.6 is 11.3 Å². The van der Waals surface area contributed by atoms with Crippen molar-refractivity contribution < 1.29 is 9.59 Å². The summed E-state index contributed by atoms with van der Waals surface area (Å²) < 4.78 is 0. The van der Waals surface area contributed by atoms with Crippen LogP contribution in [0.15, 0.2) is 35.7 Å². The summed E-state index contributed by atoms with van der Waals surface area (Å²) in [7, 11) is 0. The molecule has 1 N–H and O–H groups in total. The van der Waals surface area contributed by atoms with Crippen LogP contribution in [0.5, 0.6) is 0 Å². The third-order valence-electron chi connectivity index (χ3n) is 4.24. The van der Waals surface area contributed by atoms with Gasteiger partial charge in [-0.25, -0.2) is 0 Å². The molecular formula is C18H20N2O2S. The van der Waals surface area contributed by atoms with Crippen LogP contribution in [0.3, 0.4) is 0 Å². The molecule has 0 fully saturated rings. The molecule has 1 aromatic carbocycles. The van der Waals surface area contributed by atoms with Gasteiger partial charge in [0.2, 0.25) is 11.8 Å². The second kappa shape index (κ2) is 5.81. The van der Waals surface area contributed by atoms with E-state index in [9.17, 15) is 9.59 Å². The van der Waals surface area contributed by atoms with Crippen molar-refractivity contribution in [3.05, 3.63) is 51.7 Å². The summed E-state index contributed by atoms with van der Waals surface area (Å²) in [6.07, 6.45) is 0. The SMILES string of the molecule is Cc1ccc2c(c1)C(C)(C)C(=O)N2CC(=O)NCc1cccs1. The maximum Gasteiger partial charge on any atom is 0.240 e. The van der Waals surface area contributed by atoms with Crippen LogP contribution < -0.4 is 10.2 Å². The number of anilines is 1. The number of nitrogens with zero attached hydrogens (tertiary/aromatic N) is 1. The normalized spacial score (nSPS) is 15.6. The van der Waals surface area contributed by atoms with Gasteiger partial charge >= 0.3 is 0 Å². The zero-order valence-corrected chi connectivity index (χ0v) is 14.4. The first-order valence-corrected chi connectivity index (χ1v) is 8.50. The molecule has 120 valence electrons. The molecular weight excluding hydrogens is 308 g/mol. The number of nitrogens with one attached hydrogen (secondary N) is 1. The number of carbonyl (C=O) groups excluding carboxylic acids is 2. The van der Waals surface area contributed by atoms with E-state index in [0.717, 1.165) is 21.7 Å². The van der Waals surface area contributed by atoms with Gasteiger partial charge in [-0.15, -0.1) is 11.3 Å². The predicted octanol–water partition coefficient (Wildman–Crippen LogP) is 3.00. The van der Waals surface area contributed by atoms with Gasteiger partial charge in [-0.2, -0.15) is 0 Å². The second-order valence-corrected chi connectivity index (χ2v) is 7.43. The van der Waals surface area contributed by atoms with Crippen molar-refractivity contribution in [1.82, 2.24) is 5.32 Å². The zero-order chi connectivity index (χ0) is 16.6. The Balaban J connectivity index is 1.75. The molecule has 2 amide bonds. The molecule has 0 atom stereocenters. The minimum absolute atomic E-state index is 0.0237. The van der Waals surface area contributed by atoms with Crippen molar-refractivity contribution in [2.75, 3.05) is 11.4 Å². The molecule has 3 rings (SSSR count). The molecule has 0 unspecified atom stereocenters. The minimum atomic E-state index is -0.588. The Hall–Kier alpha value is -2.14. The van der Waals surface area contributed by atoms with Crippen LogP contribution in [-0.2, 0) is 21.5 Å². The van der Waals surface area contributed by atoms with Gasteiger partial charge in [-0.3, -0.25) is 9.59 Å². The zero-order valence-electron chi connectivity index (χ0n) is 13.6. The number of fused-ring (bicyclic) bond motifs is 1. The third kappa shape index (κ3) is 2.88. The highest BCUT2D eigenvalue weighted by atomic mass is 32.1. The highest BCUT2D eigenvalue weighted by Gasteiger charge is 2.44. The lowest BCUT2D eigenvalue weighted by molar-refractivity contribution is -0.125. The van der Waals surface area contributed by atoms with Crippen molar-refractivity contribution in [3.8, 4) is 0 Å². The maximum atomic E-state index is 12.7. The topological polar surface area (TPSA) is 49.4 Å². The number of benzene rings is 1. The summed E-state index contributed by atoms with van der Waals surface area (Å²) in [6, 6.07) is 9.88. The van der Waals surface area contributed by atoms with Gasteiger partial charge < -0.3 is 10.2 Å². The number of amides is 2. The molecule has 2 heterocycles. The first-order valence-electron chi connectivity index (χ1n) is 7.62. The maximum absolute atomic E-state index is 12.7. The molecule has 0 radical (unpaired) electrons. The quantitative estimate of drug-likeness (QED) is 0.938. The average Bonchev–Trinajstić information content (AvgIpc) is 3.08. The molecule has 1 aliphatic heterocycles. The number of hydrogen-bond acceptors (Lipinski definition) is 3. The van der Waals surface area contributed by atoms with Gasteiger partial charge in [0, 0.05) is 10.6 Å². The van der Waals surface area contributed by atoms with E-state index in [4.69, 9.17) is 0 Å². The molecule has 0 saturated heterocycles. The molecule has 0 bridgehead atoms. The van der Waals surface area contributed by atoms with Gasteiger partial charge in [0.25, 0.3) is 0 Å². The minimum Gasteiger partial charge on any atom is -0.350 e. The Morgan fingerprint density at radius 3 is 2.78 bits per heavy atom. The smallest absolute Gasteiger partial charge is 0.240 e. The summed E-state index contributed by atoms with van der Waals surface area (Å²) >= 11 is 1.60. The van der Waals surface area contributed by atoms with Crippen LogP contribution in [0.2, 0.25) is 0 Å². The number of thiophene rings is 1. The van der Waals surface area contributed by atoms with Gasteiger partial charge in [0.15, 0.2) is 0 Å². The van der Waals surface area contributed by atoms with Gasteiger partial charge in [0.1, 0.15) is 6.54 Å². The monoisotopic (exact) mass is 328 g/mol. The summed E-state index contributed by atoms with van der Waals surface area (Å²) in [5.41, 5.74) is 2.37. The van der Waals surface area contributed by atoms with E-state index in [2.05, 4.69) is 5.32 Å². The largest absolute Gasteiger partial charge is 0.350 e. The molecule has 2 aromatic rings. The standard InChI is InChI=1S/C18H20N2O2S/c1-12-6-7-15-14(9-12)18(2,3)17(22)20(15)11-16(21)19-10-13-5-4-8-23-13/h4-9H,10-11H2,1-3H3,(H,19,21). The van der Waals surface area contributed by atoms with Gasteiger partial charge in [-0.05, 0) is 43.8 Å². The fourth-order valence-electron chi connectivity index (χ4n) is 2.90. The first-order chi connectivity index (χ1) is 10.9. The van der Waals surface area contributed by atoms with E-state index in [-0.39, 0.29) is 18.4 Å². The average molecular weight is 328 g/mol. The summed E-state index contributed by atoms with van der Waals surface area (Å²) in [4.78, 5) is 27.6. The Morgan fingerprint density at radius 1 is 1.30 bits per heavy atom. The molecule has 0 saturated carbocycles. The highest BCUT2D eigenvalue weighted by molar-refractivity contribution is 7.09. The molecule has 0 spiro atoms. The van der Waals surface area contributed by atoms with Crippen LogP contribution in [0.25, 0.3) is 0 Å². The Morgan fingerprint density at radius 2 is 2.09 bits per heavy atom. The lowest BCUT2D eigenvalue weighted by Crippen LogP contribution is -2.42.